The third-order valence-electron chi connectivity index (χ3n) is 15.3. The first-order valence-electron chi connectivity index (χ1n) is 23.3. The van der Waals surface area contributed by atoms with Crippen molar-refractivity contribution in [3.63, 3.8) is 0 Å². The van der Waals surface area contributed by atoms with E-state index in [4.69, 9.17) is 0 Å². The molecule has 3 aliphatic rings. The van der Waals surface area contributed by atoms with E-state index in [0.29, 0.717) is 0 Å². The number of hydrogen-bond acceptors (Lipinski definition) is 1. The van der Waals surface area contributed by atoms with Crippen LogP contribution in [0.25, 0.3) is 76.8 Å². The zero-order valence-corrected chi connectivity index (χ0v) is 38.4. The number of anilines is 3. The Kier molecular flexibility index (Phi) is 8.05. The van der Waals surface area contributed by atoms with Crippen LogP contribution in [0.5, 0.6) is 0 Å². The molecule has 0 amide bonds. The molecular formula is C62H51NSi. The summed E-state index contributed by atoms with van der Waals surface area (Å²) < 4.78 is 0. The monoisotopic (exact) mass is 837 g/mol. The maximum atomic E-state index is 2.60. The predicted octanol–water partition coefficient (Wildman–Crippen LogP) is 15.4. The summed E-state index contributed by atoms with van der Waals surface area (Å²) in [5.41, 5.74) is 21.8. The highest BCUT2D eigenvalue weighted by atomic mass is 28.3. The lowest BCUT2D eigenvalue weighted by Gasteiger charge is -2.31. The van der Waals surface area contributed by atoms with Gasteiger partial charge in [-0.25, -0.2) is 0 Å². The largest absolute Gasteiger partial charge is 0.310 e. The molecule has 0 radical (unpaired) electrons. The highest BCUT2D eigenvalue weighted by Crippen LogP contribution is 2.48. The Morgan fingerprint density at radius 3 is 1.61 bits per heavy atom. The highest BCUT2D eigenvalue weighted by Gasteiger charge is 2.41. The standard InChI is InChI=1S/C62H51NSi/c1-62(2,3)44-28-24-42(25-29-44)54-34-43-14-10-18-52-58(43)59-50(54)17-11-19-53(59)61-60(52)51-33-32-47(37-57(51)64(61,4)5)63(45-30-26-40-22-20-38-12-6-8-15-48(38)55(40)35-45)46-31-27-41-23-21-39-13-7-9-16-49(39)56(41)36-46/h6-19,24-37H,20-23H2,1-5H3. The van der Waals surface area contributed by atoms with Crippen molar-refractivity contribution in [1.82, 2.24) is 0 Å². The molecule has 0 fully saturated rings. The second-order valence-corrected chi connectivity index (χ2v) is 24.6. The van der Waals surface area contributed by atoms with Gasteiger partial charge in [-0.2, -0.15) is 0 Å². The van der Waals surface area contributed by atoms with Crippen LogP contribution in [-0.2, 0) is 31.1 Å². The van der Waals surface area contributed by atoms with Crippen molar-refractivity contribution < 1.29 is 0 Å². The lowest BCUT2D eigenvalue weighted by atomic mass is 9.84. The van der Waals surface area contributed by atoms with Gasteiger partial charge in [-0.3, -0.25) is 0 Å². The quantitative estimate of drug-likeness (QED) is 0.126. The smallest absolute Gasteiger partial charge is 0.114 e. The third kappa shape index (κ3) is 5.48. The molecule has 0 saturated heterocycles. The van der Waals surface area contributed by atoms with Gasteiger partial charge in [0.05, 0.1) is 0 Å². The summed E-state index contributed by atoms with van der Waals surface area (Å²) in [5, 5.41) is 11.4. The van der Waals surface area contributed by atoms with Gasteiger partial charge in [0, 0.05) is 17.1 Å². The Hall–Kier alpha value is -6.74. The highest BCUT2D eigenvalue weighted by molar-refractivity contribution is 7.05. The summed E-state index contributed by atoms with van der Waals surface area (Å²) >= 11 is 0. The van der Waals surface area contributed by atoms with E-state index in [-0.39, 0.29) is 5.41 Å². The van der Waals surface area contributed by atoms with E-state index >= 15 is 0 Å². The molecule has 1 heterocycles. The Labute approximate surface area is 378 Å². The minimum atomic E-state index is -2.28. The molecule has 1 nitrogen and oxygen atoms in total. The van der Waals surface area contributed by atoms with Gasteiger partial charge in [0.25, 0.3) is 0 Å². The van der Waals surface area contributed by atoms with Crippen LogP contribution in [0, 0.1) is 0 Å². The SMILES string of the molecule is CC(C)(C)c1ccc(-c2cc3cccc4c5c(c6cccc2c6c34)[Si](C)(C)c2cc(N(c3ccc4c(c3)-c3ccccc3CC4)c3ccc4c(c3)-c3ccccc3CC4)ccc2-5)cc1. The number of fused-ring (bicyclic) bond motifs is 11. The van der Waals surface area contributed by atoms with Gasteiger partial charge in [0.15, 0.2) is 0 Å². The number of rotatable bonds is 4. The van der Waals surface area contributed by atoms with Crippen molar-refractivity contribution in [3.05, 3.63) is 198 Å². The van der Waals surface area contributed by atoms with Crippen LogP contribution < -0.4 is 15.3 Å². The Morgan fingerprint density at radius 2 is 0.969 bits per heavy atom. The second-order valence-electron chi connectivity index (χ2n) is 20.3. The summed E-state index contributed by atoms with van der Waals surface area (Å²) in [4.78, 5) is 2.56. The molecule has 0 spiro atoms. The fraction of sp³-hybridized carbons (Fsp3) is 0.161. The third-order valence-corrected chi connectivity index (χ3v) is 18.9. The van der Waals surface area contributed by atoms with E-state index in [2.05, 4.69) is 209 Å². The van der Waals surface area contributed by atoms with Crippen molar-refractivity contribution in [2.24, 2.45) is 0 Å². The number of aryl methyl sites for hydroxylation is 4. The van der Waals surface area contributed by atoms with E-state index in [0.717, 1.165) is 25.7 Å². The van der Waals surface area contributed by atoms with E-state index in [1.54, 1.807) is 5.19 Å². The van der Waals surface area contributed by atoms with Gasteiger partial charge in [-0.15, -0.1) is 0 Å². The maximum Gasteiger partial charge on any atom is 0.114 e. The number of hydrogen-bond donors (Lipinski definition) is 0. The average molecular weight is 838 g/mol. The Balaban J connectivity index is 1.02. The maximum absolute atomic E-state index is 2.60. The minimum absolute atomic E-state index is 0.111. The second kappa shape index (κ2) is 13.6. The van der Waals surface area contributed by atoms with Crippen LogP contribution in [0.1, 0.15) is 48.6 Å². The molecule has 10 aromatic rings. The molecule has 0 aromatic heterocycles. The van der Waals surface area contributed by atoms with Gasteiger partial charge in [0.2, 0.25) is 0 Å². The van der Waals surface area contributed by atoms with Gasteiger partial charge in [-0.1, -0.05) is 161 Å². The summed E-state index contributed by atoms with van der Waals surface area (Å²) in [6.07, 6.45) is 4.33. The zero-order chi connectivity index (χ0) is 43.1. The molecule has 10 aromatic carbocycles. The lowest BCUT2D eigenvalue weighted by molar-refractivity contribution is 0.590. The van der Waals surface area contributed by atoms with Crippen LogP contribution >= 0.6 is 0 Å². The first-order valence-corrected chi connectivity index (χ1v) is 26.3. The van der Waals surface area contributed by atoms with E-state index in [1.807, 2.05) is 0 Å². The topological polar surface area (TPSA) is 3.24 Å². The van der Waals surface area contributed by atoms with Crippen LogP contribution in [0.4, 0.5) is 17.1 Å². The molecule has 2 aliphatic carbocycles. The summed E-state index contributed by atoms with van der Waals surface area (Å²) in [5.74, 6) is 0. The summed E-state index contributed by atoms with van der Waals surface area (Å²) in [6, 6.07) is 66.0. The Morgan fingerprint density at radius 1 is 0.422 bits per heavy atom. The average Bonchev–Trinajstić information content (AvgIpc) is 3.56. The molecule has 0 saturated carbocycles. The van der Waals surface area contributed by atoms with Gasteiger partial charge < -0.3 is 4.90 Å². The molecule has 0 bridgehead atoms. The fourth-order valence-electron chi connectivity index (χ4n) is 12.1. The van der Waals surface area contributed by atoms with Crippen LogP contribution in [0.2, 0.25) is 13.1 Å². The molecule has 1 aliphatic heterocycles. The van der Waals surface area contributed by atoms with Crippen LogP contribution in [0.3, 0.4) is 0 Å². The normalized spacial score (nSPS) is 14.5. The van der Waals surface area contributed by atoms with Crippen LogP contribution in [0.15, 0.2) is 170 Å². The zero-order valence-electron chi connectivity index (χ0n) is 37.4. The van der Waals surface area contributed by atoms with Gasteiger partial charge >= 0.3 is 0 Å². The minimum Gasteiger partial charge on any atom is -0.310 e. The molecule has 0 atom stereocenters. The molecule has 2 heteroatoms. The molecule has 308 valence electrons. The van der Waals surface area contributed by atoms with E-state index in [1.165, 1.54) is 127 Å². The molecular weight excluding hydrogens is 787 g/mol. The molecule has 13 rings (SSSR count). The van der Waals surface area contributed by atoms with E-state index < -0.39 is 8.07 Å². The van der Waals surface area contributed by atoms with Crippen molar-refractivity contribution in [1.29, 1.82) is 0 Å². The first kappa shape index (κ1) is 37.8. The van der Waals surface area contributed by atoms with Crippen molar-refractivity contribution >= 4 is 67.8 Å². The number of nitrogens with zero attached hydrogens (tertiary/aromatic N) is 1. The molecule has 0 unspecified atom stereocenters. The van der Waals surface area contributed by atoms with Crippen molar-refractivity contribution in [2.75, 3.05) is 4.90 Å². The Bertz CT molecular complexity index is 3470. The van der Waals surface area contributed by atoms with Crippen molar-refractivity contribution in [2.45, 2.75) is 65.0 Å². The summed E-state index contributed by atoms with van der Waals surface area (Å²) in [7, 11) is -2.28. The number of benzene rings is 10. The fourth-order valence-corrected chi connectivity index (χ4v) is 15.6. The van der Waals surface area contributed by atoms with Crippen LogP contribution in [-0.4, -0.2) is 8.07 Å². The molecule has 0 N–H and O–H groups in total. The van der Waals surface area contributed by atoms with E-state index in [9.17, 15) is 0 Å². The molecule has 64 heavy (non-hydrogen) atoms. The van der Waals surface area contributed by atoms with Gasteiger partial charge in [0.1, 0.15) is 8.07 Å². The summed E-state index contributed by atoms with van der Waals surface area (Å²) in [6.45, 7) is 12.1. The van der Waals surface area contributed by atoms with Gasteiger partial charge in [-0.05, 0) is 189 Å². The first-order chi connectivity index (χ1) is 31.1. The predicted molar refractivity (Wildman–Crippen MR) is 277 cm³/mol. The van der Waals surface area contributed by atoms with Crippen molar-refractivity contribution in [3.8, 4) is 44.5 Å². The lowest BCUT2D eigenvalue weighted by Crippen LogP contribution is -2.49.